The van der Waals surface area contributed by atoms with Gasteiger partial charge in [-0.25, -0.2) is 0 Å². The van der Waals surface area contributed by atoms with Gasteiger partial charge in [-0.15, -0.1) is 0 Å². The van der Waals surface area contributed by atoms with Crippen LogP contribution in [-0.4, -0.2) is 53.1 Å². The molecule has 2 heterocycles. The number of Topliss-reactive ketones (excluding diaryl/α,β-unsaturated/α-hetero) is 1. The van der Waals surface area contributed by atoms with Gasteiger partial charge in [0.05, 0.1) is 6.04 Å². The van der Waals surface area contributed by atoms with Gasteiger partial charge in [0.1, 0.15) is 6.10 Å². The Morgan fingerprint density at radius 2 is 1.55 bits per heavy atom. The van der Waals surface area contributed by atoms with Crippen molar-refractivity contribution in [3.63, 3.8) is 0 Å². The van der Waals surface area contributed by atoms with Crippen molar-refractivity contribution in [3.8, 4) is 0 Å². The predicted molar refractivity (Wildman–Crippen MR) is 133 cm³/mol. The van der Waals surface area contributed by atoms with E-state index in [1.807, 2.05) is 61.5 Å². The number of H-pyrrole nitrogens is 1. The highest BCUT2D eigenvalue weighted by Crippen LogP contribution is 2.30. The largest absolute Gasteiger partial charge is 0.383 e. The lowest BCUT2D eigenvalue weighted by molar-refractivity contribution is 0.0366. The molecule has 2 atom stereocenters. The summed E-state index contributed by atoms with van der Waals surface area (Å²) in [4.78, 5) is 21.3. The minimum atomic E-state index is -1.16. The van der Waals surface area contributed by atoms with Gasteiger partial charge in [0.25, 0.3) is 0 Å². The molecular weight excluding hydrogens is 410 g/mol. The maximum absolute atomic E-state index is 13.5. The number of ketones is 1. The number of nitrogens with zero attached hydrogens (tertiary/aromatic N) is 2. The monoisotopic (exact) mass is 439 g/mol. The molecule has 1 fully saturated rings. The minimum Gasteiger partial charge on any atom is -0.383 e. The number of aromatic nitrogens is 1. The van der Waals surface area contributed by atoms with Crippen LogP contribution in [0.25, 0.3) is 10.9 Å². The second-order valence-corrected chi connectivity index (χ2v) is 8.77. The van der Waals surface area contributed by atoms with Crippen LogP contribution in [0.1, 0.15) is 27.5 Å². The first-order valence-electron chi connectivity index (χ1n) is 11.5. The minimum absolute atomic E-state index is 0.247. The fourth-order valence-electron chi connectivity index (χ4n) is 4.83. The van der Waals surface area contributed by atoms with Gasteiger partial charge in [0.2, 0.25) is 0 Å². The van der Waals surface area contributed by atoms with E-state index in [9.17, 15) is 9.90 Å². The van der Waals surface area contributed by atoms with Gasteiger partial charge < -0.3 is 15.0 Å². The first-order valence-corrected chi connectivity index (χ1v) is 11.5. The Morgan fingerprint density at radius 1 is 0.879 bits per heavy atom. The number of anilines is 1. The van der Waals surface area contributed by atoms with Crippen LogP contribution in [0, 0.1) is 6.92 Å². The lowest BCUT2D eigenvalue weighted by Gasteiger charge is -2.41. The number of para-hydroxylation sites is 2. The predicted octanol–water partition coefficient (Wildman–Crippen LogP) is 4.58. The summed E-state index contributed by atoms with van der Waals surface area (Å²) in [5, 5.41) is 12.3. The van der Waals surface area contributed by atoms with Gasteiger partial charge in [-0.3, -0.25) is 9.69 Å². The third-order valence-corrected chi connectivity index (χ3v) is 6.67. The van der Waals surface area contributed by atoms with Gasteiger partial charge in [-0.1, -0.05) is 66.2 Å². The molecule has 5 heteroatoms. The Morgan fingerprint density at radius 3 is 2.27 bits per heavy atom. The Kier molecular flexibility index (Phi) is 5.99. The highest BCUT2D eigenvalue weighted by Gasteiger charge is 2.35. The number of piperazine rings is 1. The molecular formula is C28H29N3O2. The first-order chi connectivity index (χ1) is 16.1. The molecule has 1 saturated heterocycles. The average molecular weight is 440 g/mol. The summed E-state index contributed by atoms with van der Waals surface area (Å²) in [6.45, 7) is 5.28. The van der Waals surface area contributed by atoms with Crippen molar-refractivity contribution in [2.75, 3.05) is 31.1 Å². The highest BCUT2D eigenvalue weighted by atomic mass is 16.3. The SMILES string of the molecule is Cc1ccc([C@@H]([C@@H](O)C(=O)c2c[nH]c3ccccc23)N2CCN(c3ccccc3)CC2)cc1. The van der Waals surface area contributed by atoms with Crippen LogP contribution in [0.3, 0.4) is 0 Å². The van der Waals surface area contributed by atoms with E-state index in [1.54, 1.807) is 6.20 Å². The molecule has 0 aliphatic carbocycles. The van der Waals surface area contributed by atoms with Gasteiger partial charge in [-0.05, 0) is 30.7 Å². The number of hydrogen-bond acceptors (Lipinski definition) is 4. The maximum Gasteiger partial charge on any atom is 0.195 e. The van der Waals surface area contributed by atoms with E-state index >= 15 is 0 Å². The van der Waals surface area contributed by atoms with E-state index in [0.29, 0.717) is 5.56 Å². The molecule has 1 aliphatic rings. The Labute approximate surface area is 194 Å². The van der Waals surface area contributed by atoms with E-state index in [4.69, 9.17) is 0 Å². The number of aromatic amines is 1. The Bertz CT molecular complexity index is 1220. The summed E-state index contributed by atoms with van der Waals surface area (Å²) in [5.41, 5.74) is 4.77. The molecule has 168 valence electrons. The molecule has 0 amide bonds. The summed E-state index contributed by atoms with van der Waals surface area (Å²) in [7, 11) is 0. The smallest absolute Gasteiger partial charge is 0.195 e. The highest BCUT2D eigenvalue weighted by molar-refractivity contribution is 6.10. The number of benzene rings is 3. The lowest BCUT2D eigenvalue weighted by Crippen LogP contribution is -2.51. The van der Waals surface area contributed by atoms with Crippen LogP contribution < -0.4 is 4.90 Å². The van der Waals surface area contributed by atoms with Gasteiger partial charge in [0, 0.05) is 54.5 Å². The quantitative estimate of drug-likeness (QED) is 0.432. The topological polar surface area (TPSA) is 59.6 Å². The third kappa shape index (κ3) is 4.30. The fourth-order valence-corrected chi connectivity index (χ4v) is 4.83. The summed E-state index contributed by atoms with van der Waals surface area (Å²) in [5.74, 6) is -0.247. The van der Waals surface area contributed by atoms with Crippen molar-refractivity contribution >= 4 is 22.4 Å². The summed E-state index contributed by atoms with van der Waals surface area (Å²) < 4.78 is 0. The number of nitrogens with one attached hydrogen (secondary N) is 1. The van der Waals surface area contributed by atoms with Crippen LogP contribution in [0.5, 0.6) is 0 Å². The summed E-state index contributed by atoms with van der Waals surface area (Å²) >= 11 is 0. The molecule has 0 unspecified atom stereocenters. The van der Waals surface area contributed by atoms with Gasteiger partial charge in [0.15, 0.2) is 5.78 Å². The Hall–Kier alpha value is -3.41. The normalized spacial score (nSPS) is 16.6. The average Bonchev–Trinajstić information content (AvgIpc) is 3.30. The number of carbonyl (C=O) groups is 1. The zero-order valence-corrected chi connectivity index (χ0v) is 18.8. The molecule has 3 aromatic carbocycles. The molecule has 0 radical (unpaired) electrons. The summed E-state index contributed by atoms with van der Waals surface area (Å²) in [6.07, 6.45) is 0.561. The van der Waals surface area contributed by atoms with Crippen molar-refractivity contribution in [3.05, 3.63) is 102 Å². The standard InChI is InChI=1S/C28H29N3O2/c1-20-11-13-21(14-12-20)26(31-17-15-30(16-18-31)22-7-3-2-4-8-22)28(33)27(32)24-19-29-25-10-6-5-9-23(24)25/h2-14,19,26,28-29,33H,15-18H2,1H3/t26-,28+/m0/s1. The third-order valence-electron chi connectivity index (χ3n) is 6.67. The first kappa shape index (κ1) is 21.4. The van der Waals surface area contributed by atoms with Crippen molar-refractivity contribution in [2.45, 2.75) is 19.1 Å². The molecule has 5 nitrogen and oxygen atoms in total. The van der Waals surface area contributed by atoms with E-state index < -0.39 is 12.1 Å². The van der Waals surface area contributed by atoms with Crippen molar-refractivity contribution < 1.29 is 9.90 Å². The molecule has 33 heavy (non-hydrogen) atoms. The van der Waals surface area contributed by atoms with Crippen LogP contribution >= 0.6 is 0 Å². The van der Waals surface area contributed by atoms with E-state index in [2.05, 4.69) is 39.0 Å². The van der Waals surface area contributed by atoms with Gasteiger partial charge >= 0.3 is 0 Å². The molecule has 0 bridgehead atoms. The molecule has 0 saturated carbocycles. The molecule has 4 aromatic rings. The molecule has 2 N–H and O–H groups in total. The molecule has 1 aliphatic heterocycles. The van der Waals surface area contributed by atoms with Crippen molar-refractivity contribution in [1.82, 2.24) is 9.88 Å². The van der Waals surface area contributed by atoms with E-state index in [0.717, 1.165) is 48.2 Å². The van der Waals surface area contributed by atoms with Crippen molar-refractivity contribution in [2.24, 2.45) is 0 Å². The maximum atomic E-state index is 13.5. The zero-order chi connectivity index (χ0) is 22.8. The number of fused-ring (bicyclic) bond motifs is 1. The van der Waals surface area contributed by atoms with Crippen LogP contribution in [0.2, 0.25) is 0 Å². The number of hydrogen-bond donors (Lipinski definition) is 2. The van der Waals surface area contributed by atoms with Gasteiger partial charge in [-0.2, -0.15) is 0 Å². The second kappa shape index (κ2) is 9.22. The number of aliphatic hydroxyl groups excluding tert-OH is 1. The lowest BCUT2D eigenvalue weighted by atomic mass is 9.92. The Balaban J connectivity index is 1.42. The molecule has 5 rings (SSSR count). The second-order valence-electron chi connectivity index (χ2n) is 8.77. The van der Waals surface area contributed by atoms with E-state index in [-0.39, 0.29) is 5.78 Å². The number of carbonyl (C=O) groups excluding carboxylic acids is 1. The van der Waals surface area contributed by atoms with E-state index in [1.165, 1.54) is 5.69 Å². The fraction of sp³-hybridized carbons (Fsp3) is 0.250. The van der Waals surface area contributed by atoms with Crippen LogP contribution in [-0.2, 0) is 0 Å². The molecule has 1 aromatic heterocycles. The summed E-state index contributed by atoms with van der Waals surface area (Å²) in [6, 6.07) is 25.9. The number of aryl methyl sites for hydroxylation is 1. The van der Waals surface area contributed by atoms with Crippen LogP contribution in [0.4, 0.5) is 5.69 Å². The number of aliphatic hydroxyl groups is 1. The van der Waals surface area contributed by atoms with Crippen molar-refractivity contribution in [1.29, 1.82) is 0 Å². The van der Waals surface area contributed by atoms with Crippen LogP contribution in [0.15, 0.2) is 85.1 Å². The zero-order valence-electron chi connectivity index (χ0n) is 18.8. The molecule has 0 spiro atoms. The number of rotatable bonds is 6.